The summed E-state index contributed by atoms with van der Waals surface area (Å²) in [5.74, 6) is 0. The van der Waals surface area contributed by atoms with E-state index in [1.165, 1.54) is 12.8 Å². The number of nitrogens with zero attached hydrogens (tertiary/aromatic N) is 1. The molecule has 1 aromatic rings. The summed E-state index contributed by atoms with van der Waals surface area (Å²) >= 11 is 0. The van der Waals surface area contributed by atoms with Crippen LogP contribution in [-0.4, -0.2) is 39.5 Å². The van der Waals surface area contributed by atoms with Gasteiger partial charge in [-0.25, -0.2) is 13.1 Å². The molecule has 0 heterocycles. The molecule has 0 aliphatic heterocycles. The van der Waals surface area contributed by atoms with E-state index >= 15 is 0 Å². The van der Waals surface area contributed by atoms with Gasteiger partial charge in [-0.15, -0.1) is 0 Å². The van der Waals surface area contributed by atoms with Crippen LogP contribution < -0.4 is 4.72 Å². The number of aryl methyl sites for hydroxylation is 1. The van der Waals surface area contributed by atoms with Gasteiger partial charge in [0, 0.05) is 12.1 Å². The van der Waals surface area contributed by atoms with Crippen molar-refractivity contribution in [2.75, 3.05) is 20.6 Å². The molecule has 1 saturated carbocycles. The molecule has 1 aliphatic carbocycles. The number of benzene rings is 1. The van der Waals surface area contributed by atoms with Gasteiger partial charge >= 0.3 is 0 Å². The van der Waals surface area contributed by atoms with Gasteiger partial charge < -0.3 is 4.90 Å². The van der Waals surface area contributed by atoms with Gasteiger partial charge in [0.1, 0.15) is 0 Å². The number of hydrogen-bond donors (Lipinski definition) is 1. The minimum absolute atomic E-state index is 0.0320. The lowest BCUT2D eigenvalue weighted by Gasteiger charge is -2.36. The lowest BCUT2D eigenvalue weighted by atomic mass is 9.97. The van der Waals surface area contributed by atoms with Crippen LogP contribution in [0.1, 0.15) is 31.2 Å². The molecular weight excluding hydrogens is 272 g/mol. The zero-order valence-electron chi connectivity index (χ0n) is 12.5. The van der Waals surface area contributed by atoms with Crippen LogP contribution in [-0.2, 0) is 10.0 Å². The SMILES string of the molecule is Cc1ccccc1S(=O)(=O)NCC1(N(C)C)CCCC1. The minimum Gasteiger partial charge on any atom is -0.302 e. The standard InChI is InChI=1S/C15H24N2O2S/c1-13-8-4-5-9-14(13)20(18,19)16-12-15(17(2)3)10-6-7-11-15/h4-5,8-9,16H,6-7,10-12H2,1-3H3. The Balaban J connectivity index is 2.15. The second kappa shape index (κ2) is 5.84. The fourth-order valence-corrected chi connectivity index (χ4v) is 4.34. The normalized spacial score (nSPS) is 18.6. The number of rotatable bonds is 5. The van der Waals surface area contributed by atoms with Gasteiger partial charge in [0.15, 0.2) is 0 Å². The molecule has 2 rings (SSSR count). The fourth-order valence-electron chi connectivity index (χ4n) is 2.98. The van der Waals surface area contributed by atoms with Crippen LogP contribution in [0.2, 0.25) is 0 Å². The van der Waals surface area contributed by atoms with E-state index < -0.39 is 10.0 Å². The summed E-state index contributed by atoms with van der Waals surface area (Å²) in [5, 5.41) is 0. The molecule has 0 spiro atoms. The molecule has 1 aromatic carbocycles. The molecule has 1 aliphatic rings. The van der Waals surface area contributed by atoms with Crippen molar-refractivity contribution in [2.45, 2.75) is 43.0 Å². The highest BCUT2D eigenvalue weighted by Gasteiger charge is 2.37. The quantitative estimate of drug-likeness (QED) is 0.906. The summed E-state index contributed by atoms with van der Waals surface area (Å²) in [6.07, 6.45) is 4.45. The first-order valence-electron chi connectivity index (χ1n) is 7.10. The second-order valence-corrected chi connectivity index (χ2v) is 7.65. The predicted molar refractivity (Wildman–Crippen MR) is 81.3 cm³/mol. The van der Waals surface area contributed by atoms with E-state index in [0.717, 1.165) is 18.4 Å². The van der Waals surface area contributed by atoms with Crippen molar-refractivity contribution in [3.8, 4) is 0 Å². The number of hydrogen-bond acceptors (Lipinski definition) is 3. The fraction of sp³-hybridized carbons (Fsp3) is 0.600. The molecule has 20 heavy (non-hydrogen) atoms. The van der Waals surface area contributed by atoms with Crippen molar-refractivity contribution >= 4 is 10.0 Å². The monoisotopic (exact) mass is 296 g/mol. The Hall–Kier alpha value is -0.910. The minimum atomic E-state index is -3.43. The first-order valence-corrected chi connectivity index (χ1v) is 8.58. The molecule has 5 heteroatoms. The maximum absolute atomic E-state index is 12.4. The molecule has 0 saturated heterocycles. The summed E-state index contributed by atoms with van der Waals surface area (Å²) in [5.41, 5.74) is 0.751. The molecule has 1 N–H and O–H groups in total. The molecule has 0 unspecified atom stereocenters. The van der Waals surface area contributed by atoms with Gasteiger partial charge in [-0.05, 0) is 45.5 Å². The highest BCUT2D eigenvalue weighted by Crippen LogP contribution is 2.33. The van der Waals surface area contributed by atoms with Gasteiger partial charge in [0.05, 0.1) is 4.90 Å². The van der Waals surface area contributed by atoms with Crippen LogP contribution in [0.15, 0.2) is 29.2 Å². The Morgan fingerprint density at radius 2 is 1.80 bits per heavy atom. The molecule has 0 bridgehead atoms. The number of sulfonamides is 1. The number of likely N-dealkylation sites (N-methyl/N-ethyl adjacent to an activating group) is 1. The summed E-state index contributed by atoms with van der Waals surface area (Å²) in [6.45, 7) is 2.31. The number of nitrogens with one attached hydrogen (secondary N) is 1. The molecule has 0 amide bonds. The maximum Gasteiger partial charge on any atom is 0.240 e. The van der Waals surface area contributed by atoms with Gasteiger partial charge in [-0.1, -0.05) is 31.0 Å². The summed E-state index contributed by atoms with van der Waals surface area (Å²) < 4.78 is 27.7. The van der Waals surface area contributed by atoms with Crippen molar-refractivity contribution in [1.82, 2.24) is 9.62 Å². The lowest BCUT2D eigenvalue weighted by molar-refractivity contribution is 0.162. The van der Waals surface area contributed by atoms with Crippen molar-refractivity contribution in [2.24, 2.45) is 0 Å². The Labute approximate surface area is 122 Å². The highest BCUT2D eigenvalue weighted by molar-refractivity contribution is 7.89. The largest absolute Gasteiger partial charge is 0.302 e. The van der Waals surface area contributed by atoms with Crippen molar-refractivity contribution < 1.29 is 8.42 Å². The van der Waals surface area contributed by atoms with Gasteiger partial charge in [0.25, 0.3) is 0 Å². The van der Waals surface area contributed by atoms with E-state index in [2.05, 4.69) is 9.62 Å². The molecule has 0 atom stereocenters. The van der Waals surface area contributed by atoms with Crippen LogP contribution >= 0.6 is 0 Å². The zero-order chi connectivity index (χ0) is 14.8. The van der Waals surface area contributed by atoms with Crippen molar-refractivity contribution in [1.29, 1.82) is 0 Å². The third-order valence-electron chi connectivity index (χ3n) is 4.46. The Bertz CT molecular complexity index is 561. The summed E-state index contributed by atoms with van der Waals surface area (Å²) in [6, 6.07) is 7.10. The molecule has 112 valence electrons. The Morgan fingerprint density at radius 3 is 2.35 bits per heavy atom. The Morgan fingerprint density at radius 1 is 1.20 bits per heavy atom. The molecule has 0 aromatic heterocycles. The third kappa shape index (κ3) is 3.05. The van der Waals surface area contributed by atoms with Gasteiger partial charge in [-0.2, -0.15) is 0 Å². The predicted octanol–water partition coefficient (Wildman–Crippen LogP) is 2.15. The smallest absolute Gasteiger partial charge is 0.240 e. The first kappa shape index (κ1) is 15.5. The van der Waals surface area contributed by atoms with Crippen molar-refractivity contribution in [3.05, 3.63) is 29.8 Å². The van der Waals surface area contributed by atoms with E-state index in [9.17, 15) is 8.42 Å². The molecule has 0 radical (unpaired) electrons. The first-order chi connectivity index (χ1) is 9.37. The third-order valence-corrected chi connectivity index (χ3v) is 6.02. The van der Waals surface area contributed by atoms with Crippen LogP contribution in [0.3, 0.4) is 0 Å². The van der Waals surface area contributed by atoms with E-state index in [-0.39, 0.29) is 5.54 Å². The lowest BCUT2D eigenvalue weighted by Crippen LogP contribution is -2.50. The van der Waals surface area contributed by atoms with E-state index in [0.29, 0.717) is 11.4 Å². The van der Waals surface area contributed by atoms with Crippen LogP contribution in [0.5, 0.6) is 0 Å². The molecular formula is C15H24N2O2S. The van der Waals surface area contributed by atoms with Crippen LogP contribution in [0.4, 0.5) is 0 Å². The average Bonchev–Trinajstić information content (AvgIpc) is 2.87. The highest BCUT2D eigenvalue weighted by atomic mass is 32.2. The second-order valence-electron chi connectivity index (χ2n) is 5.92. The topological polar surface area (TPSA) is 49.4 Å². The van der Waals surface area contributed by atoms with Gasteiger partial charge in [0.2, 0.25) is 10.0 Å². The summed E-state index contributed by atoms with van der Waals surface area (Å²) in [4.78, 5) is 2.55. The average molecular weight is 296 g/mol. The molecule has 1 fully saturated rings. The maximum atomic E-state index is 12.4. The summed E-state index contributed by atoms with van der Waals surface area (Å²) in [7, 11) is 0.643. The Kier molecular flexibility index (Phi) is 4.52. The van der Waals surface area contributed by atoms with E-state index in [1.807, 2.05) is 33.2 Å². The van der Waals surface area contributed by atoms with Gasteiger partial charge in [-0.3, -0.25) is 0 Å². The van der Waals surface area contributed by atoms with Crippen molar-refractivity contribution in [3.63, 3.8) is 0 Å². The van der Waals surface area contributed by atoms with Crippen LogP contribution in [0.25, 0.3) is 0 Å². The van der Waals surface area contributed by atoms with E-state index in [4.69, 9.17) is 0 Å². The zero-order valence-corrected chi connectivity index (χ0v) is 13.3. The molecule has 4 nitrogen and oxygen atoms in total. The van der Waals surface area contributed by atoms with Crippen LogP contribution in [0, 0.1) is 6.92 Å². The van der Waals surface area contributed by atoms with E-state index in [1.54, 1.807) is 12.1 Å².